The van der Waals surface area contributed by atoms with Crippen molar-refractivity contribution in [1.29, 1.82) is 0 Å². The molecule has 7 nitrogen and oxygen atoms in total. The molecule has 1 aliphatic rings. The van der Waals surface area contributed by atoms with E-state index in [1.54, 1.807) is 23.3 Å². The molecule has 0 spiro atoms. The highest BCUT2D eigenvalue weighted by molar-refractivity contribution is 7.13. The van der Waals surface area contributed by atoms with Crippen molar-refractivity contribution in [3.8, 4) is 11.3 Å². The number of fused-ring (bicyclic) bond motifs is 1. The smallest absolute Gasteiger partial charge is 0.321 e. The minimum absolute atomic E-state index is 0.172. The minimum atomic E-state index is -0.172. The zero-order valence-electron chi connectivity index (χ0n) is 21.4. The van der Waals surface area contributed by atoms with E-state index in [0.717, 1.165) is 51.9 Å². The Bertz CT molecular complexity index is 1600. The molecule has 5 aromatic rings. The number of rotatable bonds is 7. The molecule has 1 N–H and O–H groups in total. The summed E-state index contributed by atoms with van der Waals surface area (Å²) in [6.07, 6.45) is 3.82. The number of benzene rings is 3. The summed E-state index contributed by atoms with van der Waals surface area (Å²) in [5.74, 6) is 0. The number of carbonyl (C=O) groups excluding carboxylic acids is 1. The largest absolute Gasteiger partial charge is 0.339 e. The van der Waals surface area contributed by atoms with Gasteiger partial charge in [-0.3, -0.25) is 4.68 Å². The Hall–Kier alpha value is -4.14. The highest BCUT2D eigenvalue weighted by atomic mass is 35.5. The highest BCUT2D eigenvalue weighted by Crippen LogP contribution is 2.34. The third-order valence-corrected chi connectivity index (χ3v) is 8.04. The Morgan fingerprint density at radius 1 is 1.03 bits per heavy atom. The second-order valence-corrected chi connectivity index (χ2v) is 10.8. The molecule has 0 fully saturated rings. The van der Waals surface area contributed by atoms with Gasteiger partial charge in [-0.25, -0.2) is 9.78 Å². The van der Waals surface area contributed by atoms with Crippen molar-refractivity contribution in [2.24, 2.45) is 0 Å². The lowest BCUT2D eigenvalue weighted by Gasteiger charge is -2.19. The molecular formula is C30H27ClN6OS. The first-order valence-electron chi connectivity index (χ1n) is 12.7. The van der Waals surface area contributed by atoms with E-state index in [1.165, 1.54) is 5.56 Å². The third-order valence-electron chi connectivity index (χ3n) is 6.84. The van der Waals surface area contributed by atoms with E-state index in [1.807, 2.05) is 89.2 Å². The molecule has 196 valence electrons. The van der Waals surface area contributed by atoms with Crippen molar-refractivity contribution in [3.05, 3.63) is 118 Å². The summed E-state index contributed by atoms with van der Waals surface area (Å²) in [5.41, 5.74) is 6.97. The van der Waals surface area contributed by atoms with Gasteiger partial charge in [0.2, 0.25) is 0 Å². The zero-order chi connectivity index (χ0) is 26.8. The number of thiazole rings is 1. The van der Waals surface area contributed by atoms with Crippen LogP contribution in [0.1, 0.15) is 22.3 Å². The van der Waals surface area contributed by atoms with Crippen LogP contribution >= 0.6 is 22.9 Å². The van der Waals surface area contributed by atoms with Crippen LogP contribution in [0.5, 0.6) is 0 Å². The van der Waals surface area contributed by atoms with Gasteiger partial charge in [-0.1, -0.05) is 72.3 Å². The predicted molar refractivity (Wildman–Crippen MR) is 157 cm³/mol. The van der Waals surface area contributed by atoms with E-state index in [2.05, 4.69) is 21.3 Å². The van der Waals surface area contributed by atoms with E-state index in [4.69, 9.17) is 16.7 Å². The molecule has 6 rings (SSSR count). The van der Waals surface area contributed by atoms with Gasteiger partial charge >= 0.3 is 6.03 Å². The minimum Gasteiger partial charge on any atom is -0.339 e. The molecule has 2 amide bonds. The van der Waals surface area contributed by atoms with Gasteiger partial charge in [-0.2, -0.15) is 5.10 Å². The summed E-state index contributed by atoms with van der Waals surface area (Å²) >= 11 is 8.03. The van der Waals surface area contributed by atoms with Crippen molar-refractivity contribution in [1.82, 2.24) is 19.7 Å². The lowest BCUT2D eigenvalue weighted by Crippen LogP contribution is -2.31. The fourth-order valence-electron chi connectivity index (χ4n) is 4.88. The van der Waals surface area contributed by atoms with Crippen molar-refractivity contribution in [2.75, 3.05) is 17.3 Å². The number of nitrogens with zero attached hydrogens (tertiary/aromatic N) is 5. The quantitative estimate of drug-likeness (QED) is 0.238. The molecule has 3 heterocycles. The van der Waals surface area contributed by atoms with Crippen LogP contribution in [-0.2, 0) is 26.2 Å². The predicted octanol–water partition coefficient (Wildman–Crippen LogP) is 6.89. The van der Waals surface area contributed by atoms with Gasteiger partial charge in [0.15, 0.2) is 5.13 Å². The van der Waals surface area contributed by atoms with E-state index in [-0.39, 0.29) is 6.03 Å². The van der Waals surface area contributed by atoms with Crippen molar-refractivity contribution in [3.63, 3.8) is 0 Å². The van der Waals surface area contributed by atoms with E-state index < -0.39 is 0 Å². The molecule has 0 saturated carbocycles. The van der Waals surface area contributed by atoms with Gasteiger partial charge in [0.05, 0.1) is 18.8 Å². The first-order chi connectivity index (χ1) is 19.0. The SMILES string of the molecule is CN(Cc1cn(Cc2ccccc2Cl)nc1-c1ccccc1)C(=O)Nc1cccc2c1CN(c1nccs1)C2. The van der Waals surface area contributed by atoms with Crippen LogP contribution in [0, 0.1) is 0 Å². The lowest BCUT2D eigenvalue weighted by atomic mass is 10.1. The maximum atomic E-state index is 13.4. The summed E-state index contributed by atoms with van der Waals surface area (Å²) in [5, 5.41) is 11.7. The molecule has 0 unspecified atom stereocenters. The number of aromatic nitrogens is 3. The summed E-state index contributed by atoms with van der Waals surface area (Å²) < 4.78 is 1.89. The zero-order valence-corrected chi connectivity index (χ0v) is 23.0. The summed E-state index contributed by atoms with van der Waals surface area (Å²) in [4.78, 5) is 21.7. The second-order valence-electron chi connectivity index (χ2n) is 9.56. The van der Waals surface area contributed by atoms with Crippen LogP contribution in [0.15, 0.2) is 90.6 Å². The number of urea groups is 1. The average molecular weight is 555 g/mol. The van der Waals surface area contributed by atoms with Crippen LogP contribution in [-0.4, -0.2) is 32.7 Å². The van der Waals surface area contributed by atoms with E-state index >= 15 is 0 Å². The third kappa shape index (κ3) is 5.39. The summed E-state index contributed by atoms with van der Waals surface area (Å²) in [6, 6.07) is 23.7. The number of carbonyl (C=O) groups is 1. The number of hydrogen-bond donors (Lipinski definition) is 1. The molecule has 9 heteroatoms. The van der Waals surface area contributed by atoms with E-state index in [0.29, 0.717) is 18.1 Å². The van der Waals surface area contributed by atoms with Crippen LogP contribution in [0.25, 0.3) is 11.3 Å². The Morgan fingerprint density at radius 2 is 1.85 bits per heavy atom. The van der Waals surface area contributed by atoms with Crippen LogP contribution < -0.4 is 10.2 Å². The molecule has 3 aromatic carbocycles. The first kappa shape index (κ1) is 25.2. The Morgan fingerprint density at radius 3 is 2.64 bits per heavy atom. The maximum Gasteiger partial charge on any atom is 0.321 e. The molecule has 0 saturated heterocycles. The van der Waals surface area contributed by atoms with Gasteiger partial charge in [0.1, 0.15) is 0 Å². The molecule has 0 atom stereocenters. The molecule has 0 bridgehead atoms. The Kier molecular flexibility index (Phi) is 7.04. The normalized spacial score (nSPS) is 12.4. The monoisotopic (exact) mass is 554 g/mol. The summed E-state index contributed by atoms with van der Waals surface area (Å²) in [7, 11) is 1.81. The van der Waals surface area contributed by atoms with Crippen molar-refractivity contribution >= 4 is 39.8 Å². The van der Waals surface area contributed by atoms with Crippen LogP contribution in [0.2, 0.25) is 5.02 Å². The Balaban J connectivity index is 1.21. The summed E-state index contributed by atoms with van der Waals surface area (Å²) in [6.45, 7) is 2.45. The second kappa shape index (κ2) is 10.9. The topological polar surface area (TPSA) is 66.3 Å². The highest BCUT2D eigenvalue weighted by Gasteiger charge is 2.25. The standard InChI is InChI=1S/C30H27ClN6OS/c1-35(29(38)33-27-13-7-11-22-17-36(20-25(22)27)30-32-14-15-39-30)16-24-19-37(18-23-10-5-6-12-26(23)31)34-28(24)21-8-3-2-4-9-21/h2-15,19H,16-18,20H2,1H3,(H,33,38). The maximum absolute atomic E-state index is 13.4. The molecule has 39 heavy (non-hydrogen) atoms. The van der Waals surface area contributed by atoms with Gasteiger partial charge < -0.3 is 15.1 Å². The molecule has 1 aliphatic heterocycles. The van der Waals surface area contributed by atoms with E-state index in [9.17, 15) is 4.79 Å². The van der Waals surface area contributed by atoms with Gasteiger partial charge in [-0.15, -0.1) is 11.3 Å². The first-order valence-corrected chi connectivity index (χ1v) is 13.9. The number of hydrogen-bond acceptors (Lipinski definition) is 5. The van der Waals surface area contributed by atoms with Gasteiger partial charge in [-0.05, 0) is 23.3 Å². The van der Waals surface area contributed by atoms with Crippen LogP contribution in [0.4, 0.5) is 15.6 Å². The molecule has 0 radical (unpaired) electrons. The number of amides is 2. The van der Waals surface area contributed by atoms with Crippen LogP contribution in [0.3, 0.4) is 0 Å². The van der Waals surface area contributed by atoms with Gasteiger partial charge in [0, 0.05) is 65.3 Å². The fourth-order valence-corrected chi connectivity index (χ4v) is 5.72. The number of anilines is 2. The fraction of sp³-hybridized carbons (Fsp3) is 0.167. The van der Waals surface area contributed by atoms with Gasteiger partial charge in [0.25, 0.3) is 0 Å². The number of nitrogens with one attached hydrogen (secondary N) is 1. The van der Waals surface area contributed by atoms with Crippen molar-refractivity contribution < 1.29 is 4.79 Å². The Labute approximate surface area is 236 Å². The average Bonchev–Trinajstić information content (AvgIpc) is 3.71. The molecule has 2 aromatic heterocycles. The lowest BCUT2D eigenvalue weighted by molar-refractivity contribution is 0.220. The molecular weight excluding hydrogens is 528 g/mol. The molecule has 0 aliphatic carbocycles. The number of halogens is 1. The van der Waals surface area contributed by atoms with Crippen molar-refractivity contribution in [2.45, 2.75) is 26.2 Å².